The van der Waals surface area contributed by atoms with Crippen molar-refractivity contribution in [2.75, 3.05) is 18.9 Å². The largest absolute Gasteiger partial charge is 0.387 e. The van der Waals surface area contributed by atoms with Gasteiger partial charge in [-0.15, -0.1) is 0 Å². The van der Waals surface area contributed by atoms with Gasteiger partial charge >= 0.3 is 6.72 Å². The second-order valence-corrected chi connectivity index (χ2v) is 11.0. The van der Waals surface area contributed by atoms with Crippen LogP contribution in [-0.4, -0.2) is 61.3 Å². The van der Waals surface area contributed by atoms with Crippen LogP contribution in [0.1, 0.15) is 29.9 Å². The van der Waals surface area contributed by atoms with Gasteiger partial charge in [-0.3, -0.25) is 4.57 Å². The summed E-state index contributed by atoms with van der Waals surface area (Å²) in [5.41, 5.74) is 8.72. The van der Waals surface area contributed by atoms with Gasteiger partial charge in [0.1, 0.15) is 30.2 Å². The third kappa shape index (κ3) is 4.41. The van der Waals surface area contributed by atoms with Crippen LogP contribution in [0, 0.1) is 6.92 Å². The van der Waals surface area contributed by atoms with Gasteiger partial charge in [0, 0.05) is 6.42 Å². The molecule has 176 valence electrons. The zero-order valence-electron chi connectivity index (χ0n) is 17.7. The molecular formula is C20H24N5O6PS. The van der Waals surface area contributed by atoms with Gasteiger partial charge in [0.05, 0.1) is 25.6 Å². The molecule has 0 saturated carbocycles. The third-order valence-electron chi connectivity index (χ3n) is 5.70. The molecule has 5 rings (SSSR count). The van der Waals surface area contributed by atoms with Gasteiger partial charge < -0.3 is 34.3 Å². The third-order valence-corrected chi connectivity index (χ3v) is 8.06. The van der Waals surface area contributed by atoms with E-state index in [0.717, 1.165) is 11.1 Å². The number of ether oxygens (including phenoxy) is 1. The smallest absolute Gasteiger partial charge is 0.327 e. The molecule has 0 spiro atoms. The Kier molecular flexibility index (Phi) is 6.19. The van der Waals surface area contributed by atoms with Crippen molar-refractivity contribution in [3.8, 4) is 0 Å². The summed E-state index contributed by atoms with van der Waals surface area (Å²) < 4.78 is 25.0. The Bertz CT molecular complexity index is 1210. The zero-order chi connectivity index (χ0) is 23.2. The first-order valence-electron chi connectivity index (χ1n) is 10.4. The van der Waals surface area contributed by atoms with E-state index < -0.39 is 31.3 Å². The van der Waals surface area contributed by atoms with E-state index >= 15 is 0 Å². The summed E-state index contributed by atoms with van der Waals surface area (Å²) in [5, 5.41) is 21.2. The Balaban J connectivity index is 1.27. The summed E-state index contributed by atoms with van der Waals surface area (Å²) in [6.45, 7) is -0.771. The van der Waals surface area contributed by atoms with Crippen molar-refractivity contribution >= 4 is 35.5 Å². The predicted molar refractivity (Wildman–Crippen MR) is 121 cm³/mol. The van der Waals surface area contributed by atoms with Crippen molar-refractivity contribution in [2.24, 2.45) is 0 Å². The normalized spacial score (nSPS) is 32.4. The number of anilines is 1. The lowest BCUT2D eigenvalue weighted by Gasteiger charge is -2.32. The van der Waals surface area contributed by atoms with Gasteiger partial charge in [-0.2, -0.15) is 0 Å². The highest BCUT2D eigenvalue weighted by Gasteiger charge is 2.45. The SMILES string of the molecule is Cc1cccc(C2CCOP(=S)(OC[C@H]3O[C@@H](n4cnc5c(N)ncnc54)[C@@H](O)[C@H]3O)O2)c1. The molecule has 2 aromatic heterocycles. The first kappa shape index (κ1) is 22.8. The monoisotopic (exact) mass is 493 g/mol. The van der Waals surface area contributed by atoms with Crippen molar-refractivity contribution in [1.29, 1.82) is 0 Å². The molecule has 2 aliphatic rings. The lowest BCUT2D eigenvalue weighted by Crippen LogP contribution is -2.34. The minimum absolute atomic E-state index is 0.115. The topological polar surface area (TPSA) is 147 Å². The van der Waals surface area contributed by atoms with Gasteiger partial charge in [-0.05, 0) is 24.3 Å². The first-order chi connectivity index (χ1) is 15.8. The van der Waals surface area contributed by atoms with E-state index in [1.165, 1.54) is 17.2 Å². The fraction of sp³-hybridized carbons (Fsp3) is 0.450. The zero-order valence-corrected chi connectivity index (χ0v) is 19.4. The van der Waals surface area contributed by atoms with Crippen molar-refractivity contribution in [1.82, 2.24) is 19.5 Å². The van der Waals surface area contributed by atoms with E-state index in [9.17, 15) is 10.2 Å². The summed E-state index contributed by atoms with van der Waals surface area (Å²) >= 11 is 5.55. The molecule has 2 saturated heterocycles. The maximum Gasteiger partial charge on any atom is 0.327 e. The number of rotatable bonds is 5. The predicted octanol–water partition coefficient (Wildman–Crippen LogP) is 1.76. The fourth-order valence-corrected chi connectivity index (χ4v) is 6.11. The molecule has 11 nitrogen and oxygen atoms in total. The van der Waals surface area contributed by atoms with Gasteiger partial charge in [0.15, 0.2) is 17.7 Å². The molecule has 0 radical (unpaired) electrons. The van der Waals surface area contributed by atoms with Crippen LogP contribution in [0.4, 0.5) is 5.82 Å². The van der Waals surface area contributed by atoms with Gasteiger partial charge in [-0.25, -0.2) is 15.0 Å². The molecule has 0 aliphatic carbocycles. The number of imidazole rings is 1. The Morgan fingerprint density at radius 1 is 1.27 bits per heavy atom. The number of benzene rings is 1. The lowest BCUT2D eigenvalue weighted by atomic mass is 10.0. The average Bonchev–Trinajstić information content (AvgIpc) is 3.35. The number of fused-ring (bicyclic) bond motifs is 1. The Morgan fingerprint density at radius 3 is 2.94 bits per heavy atom. The van der Waals surface area contributed by atoms with E-state index in [1.807, 2.05) is 31.2 Å². The maximum atomic E-state index is 10.6. The molecule has 6 atom stereocenters. The van der Waals surface area contributed by atoms with Crippen LogP contribution < -0.4 is 5.73 Å². The average molecular weight is 493 g/mol. The second kappa shape index (κ2) is 8.97. The highest BCUT2D eigenvalue weighted by atomic mass is 32.5. The van der Waals surface area contributed by atoms with Crippen LogP contribution >= 0.6 is 6.72 Å². The van der Waals surface area contributed by atoms with Gasteiger partial charge in [-0.1, -0.05) is 29.8 Å². The standard InChI is InChI=1S/C20H24N5O6PS/c1-11-3-2-4-12(7-11)13-5-6-28-32(33,31-13)29-8-14-16(26)17(27)20(30-14)25-10-24-15-18(21)22-9-23-19(15)25/h2-4,7,9-10,13-14,16-17,20,26-27H,5-6,8H2,1H3,(H2,21,22,23)/t13?,14-,16+,17+,20-,32?/m1/s1. The van der Waals surface area contributed by atoms with Crippen LogP contribution in [0.15, 0.2) is 36.9 Å². The Labute approximate surface area is 194 Å². The summed E-state index contributed by atoms with van der Waals surface area (Å²) in [6.07, 6.45) is -1.14. The summed E-state index contributed by atoms with van der Waals surface area (Å²) in [4.78, 5) is 12.2. The molecule has 33 heavy (non-hydrogen) atoms. The molecule has 3 aromatic rings. The molecule has 2 fully saturated rings. The number of hydrogen-bond donors (Lipinski definition) is 3. The van der Waals surface area contributed by atoms with Crippen molar-refractivity contribution in [2.45, 2.75) is 44.0 Å². The van der Waals surface area contributed by atoms with Crippen LogP contribution in [0.5, 0.6) is 0 Å². The molecule has 0 bridgehead atoms. The van der Waals surface area contributed by atoms with Crippen molar-refractivity contribution < 1.29 is 28.5 Å². The maximum absolute atomic E-state index is 10.6. The minimum Gasteiger partial charge on any atom is -0.387 e. The van der Waals surface area contributed by atoms with Crippen molar-refractivity contribution in [3.05, 3.63) is 48.0 Å². The van der Waals surface area contributed by atoms with Gasteiger partial charge in [0.25, 0.3) is 0 Å². The first-order valence-corrected chi connectivity index (χ1v) is 13.0. The fourth-order valence-electron chi connectivity index (χ4n) is 3.99. The number of hydrogen-bond acceptors (Lipinski definition) is 11. The van der Waals surface area contributed by atoms with Crippen LogP contribution in [-0.2, 0) is 30.1 Å². The molecule has 13 heteroatoms. The summed E-state index contributed by atoms with van der Waals surface area (Å²) in [5.74, 6) is 0.208. The lowest BCUT2D eigenvalue weighted by molar-refractivity contribution is -0.0533. The Hall–Kier alpha value is -2.02. The van der Waals surface area contributed by atoms with E-state index in [2.05, 4.69) is 15.0 Å². The minimum atomic E-state index is -3.07. The van der Waals surface area contributed by atoms with E-state index in [4.69, 9.17) is 35.8 Å². The van der Waals surface area contributed by atoms with Crippen LogP contribution in [0.3, 0.4) is 0 Å². The highest BCUT2D eigenvalue weighted by Crippen LogP contribution is 2.57. The number of aromatic nitrogens is 4. The number of aliphatic hydroxyl groups is 2. The van der Waals surface area contributed by atoms with Crippen LogP contribution in [0.25, 0.3) is 11.2 Å². The molecule has 1 aromatic carbocycles. The molecule has 2 unspecified atom stereocenters. The number of aliphatic hydroxyl groups excluding tert-OH is 2. The summed E-state index contributed by atoms with van der Waals surface area (Å²) in [6, 6.07) is 8.02. The quantitative estimate of drug-likeness (QED) is 0.447. The number of aryl methyl sites for hydroxylation is 1. The van der Waals surface area contributed by atoms with E-state index in [-0.39, 0.29) is 18.5 Å². The van der Waals surface area contributed by atoms with E-state index in [1.54, 1.807) is 0 Å². The second-order valence-electron chi connectivity index (χ2n) is 8.00. The number of nitrogen functional groups attached to an aromatic ring is 1. The summed E-state index contributed by atoms with van der Waals surface area (Å²) in [7, 11) is 0. The number of nitrogens with zero attached hydrogens (tertiary/aromatic N) is 4. The molecule has 2 aliphatic heterocycles. The molecule has 0 amide bonds. The highest BCUT2D eigenvalue weighted by molar-refractivity contribution is 8.07. The van der Waals surface area contributed by atoms with Gasteiger partial charge in [0.2, 0.25) is 0 Å². The van der Waals surface area contributed by atoms with Crippen LogP contribution in [0.2, 0.25) is 0 Å². The molecule has 4 N–H and O–H groups in total. The Morgan fingerprint density at radius 2 is 2.12 bits per heavy atom. The molecular weight excluding hydrogens is 469 g/mol. The molecule has 4 heterocycles. The van der Waals surface area contributed by atoms with E-state index in [0.29, 0.717) is 24.2 Å². The van der Waals surface area contributed by atoms with Crippen molar-refractivity contribution in [3.63, 3.8) is 0 Å². The number of nitrogens with two attached hydrogens (primary N) is 1.